The van der Waals surface area contributed by atoms with Crippen LogP contribution in [0.4, 0.5) is 0 Å². The van der Waals surface area contributed by atoms with Crippen molar-refractivity contribution in [3.05, 3.63) is 173 Å². The molecule has 0 saturated carbocycles. The van der Waals surface area contributed by atoms with E-state index in [1.807, 2.05) is 160 Å². The topological polar surface area (TPSA) is 334 Å². The van der Waals surface area contributed by atoms with Gasteiger partial charge in [0.1, 0.15) is 9.84 Å². The molecule has 0 bridgehead atoms. The van der Waals surface area contributed by atoms with Crippen LogP contribution in [0.3, 0.4) is 0 Å². The number of rotatable bonds is 22. The number of hydrogen-bond acceptors (Lipinski definition) is 21. The Balaban J connectivity index is 0.000000114. The average molecular weight is 1630 g/mol. The number of piperidine rings is 2. The van der Waals surface area contributed by atoms with Gasteiger partial charge in [0.15, 0.2) is 0 Å². The van der Waals surface area contributed by atoms with E-state index >= 15 is 0 Å². The van der Waals surface area contributed by atoms with Crippen molar-refractivity contribution in [3.8, 4) is 90.1 Å². The van der Waals surface area contributed by atoms with Crippen LogP contribution in [0.2, 0.25) is 0 Å². The summed E-state index contributed by atoms with van der Waals surface area (Å²) in [6, 6.07) is 10.9. The predicted octanol–water partition coefficient (Wildman–Crippen LogP) is 13.4. The quantitative estimate of drug-likeness (QED) is 0.0567. The van der Waals surface area contributed by atoms with Gasteiger partial charge in [0.05, 0.1) is 215 Å². The Morgan fingerprint density at radius 2 is 0.706 bits per heavy atom. The highest BCUT2D eigenvalue weighted by molar-refractivity contribution is 7.91. The predicted molar refractivity (Wildman–Crippen MR) is 457 cm³/mol. The summed E-state index contributed by atoms with van der Waals surface area (Å²) in [6.45, 7) is 23.5. The van der Waals surface area contributed by atoms with Crippen molar-refractivity contribution in [2.24, 2.45) is 0 Å². The van der Waals surface area contributed by atoms with Crippen LogP contribution in [0.5, 0.6) is 0 Å². The van der Waals surface area contributed by atoms with Gasteiger partial charge in [0.2, 0.25) is 0 Å². The first-order chi connectivity index (χ1) is 58.1. The molecule has 2 atom stereocenters. The third-order valence-electron chi connectivity index (χ3n) is 23.7. The number of aromatic nitrogens is 28. The molecule has 33 nitrogen and oxygen atoms in total. The molecule has 618 valence electrons. The van der Waals surface area contributed by atoms with Crippen molar-refractivity contribution >= 4 is 31.9 Å². The van der Waals surface area contributed by atoms with Crippen LogP contribution in [0, 0.1) is 0 Å². The van der Waals surface area contributed by atoms with Crippen molar-refractivity contribution in [1.29, 1.82) is 0 Å². The second kappa shape index (κ2) is 35.3. The molecule has 34 heteroatoms. The van der Waals surface area contributed by atoms with E-state index in [9.17, 15) is 8.42 Å². The lowest BCUT2D eigenvalue weighted by atomic mass is 10.1. The van der Waals surface area contributed by atoms with Gasteiger partial charge in [-0.3, -0.25) is 37.5 Å². The summed E-state index contributed by atoms with van der Waals surface area (Å²) in [5.74, 6) is 0.434. The largest absolute Gasteiger partial charge is 0.317 e. The molecule has 4 aliphatic rings. The number of nitrogens with one attached hydrogen (secondary N) is 3. The van der Waals surface area contributed by atoms with Gasteiger partial charge in [-0.1, -0.05) is 34.6 Å². The molecule has 119 heavy (non-hydrogen) atoms. The first-order valence-corrected chi connectivity index (χ1v) is 44.0. The number of nitrogens with zero attached hydrogens (tertiary/aromatic N) is 28. The molecule has 0 aliphatic carbocycles. The Kier molecular flexibility index (Phi) is 23.6. The molecule has 0 unspecified atom stereocenters. The Bertz CT molecular complexity index is 6160. The van der Waals surface area contributed by atoms with Crippen molar-refractivity contribution < 1.29 is 8.42 Å². The van der Waals surface area contributed by atoms with Crippen molar-refractivity contribution in [3.63, 3.8) is 0 Å². The van der Waals surface area contributed by atoms with Gasteiger partial charge in [-0.2, -0.15) is 61.2 Å². The van der Waals surface area contributed by atoms with Gasteiger partial charge in [0.25, 0.3) is 0 Å². The third-order valence-corrected chi connectivity index (χ3v) is 25.4. The zero-order valence-electron chi connectivity index (χ0n) is 68.9. The zero-order chi connectivity index (χ0) is 81.7. The molecule has 0 spiro atoms. The van der Waals surface area contributed by atoms with E-state index in [0.717, 1.165) is 209 Å². The molecule has 4 fully saturated rings. The molecule has 20 heterocycles. The minimum atomic E-state index is -2.90. The molecule has 16 aromatic rings. The summed E-state index contributed by atoms with van der Waals surface area (Å²) in [7, 11) is -2.90. The summed E-state index contributed by atoms with van der Waals surface area (Å²) in [6.07, 6.45) is 59.8. The lowest BCUT2D eigenvalue weighted by molar-refractivity contribution is 0.343. The second-order valence-electron chi connectivity index (χ2n) is 31.9. The summed E-state index contributed by atoms with van der Waals surface area (Å²) in [5, 5.41) is 64.7. The van der Waals surface area contributed by atoms with E-state index in [0.29, 0.717) is 55.1 Å². The van der Waals surface area contributed by atoms with Crippen molar-refractivity contribution in [1.82, 2.24) is 153 Å². The van der Waals surface area contributed by atoms with Crippen LogP contribution in [-0.4, -0.2) is 195 Å². The number of fused-ring (bicyclic) bond motifs is 4. The Hall–Kier alpha value is -12.0. The van der Waals surface area contributed by atoms with Crippen molar-refractivity contribution in [2.45, 2.75) is 194 Å². The van der Waals surface area contributed by atoms with Gasteiger partial charge < -0.3 is 16.0 Å². The Morgan fingerprint density at radius 3 is 1.07 bits per heavy atom. The molecular weight excluding hydrogens is 1520 g/mol. The zero-order valence-corrected chi connectivity index (χ0v) is 69.7. The highest BCUT2D eigenvalue weighted by Crippen LogP contribution is 2.35. The summed E-state index contributed by atoms with van der Waals surface area (Å²) >= 11 is 0. The maximum Gasteiger partial charge on any atom is 0.150 e. The highest BCUT2D eigenvalue weighted by atomic mass is 32.2. The van der Waals surface area contributed by atoms with Crippen LogP contribution >= 0.6 is 0 Å². The van der Waals surface area contributed by atoms with Crippen molar-refractivity contribution in [2.75, 3.05) is 44.2 Å². The van der Waals surface area contributed by atoms with Crippen LogP contribution < -0.4 is 16.0 Å². The monoisotopic (exact) mass is 1620 g/mol. The molecule has 0 aromatic carbocycles. The van der Waals surface area contributed by atoms with Crippen LogP contribution in [0.25, 0.3) is 112 Å². The summed E-state index contributed by atoms with van der Waals surface area (Å²) in [4.78, 5) is 19.9. The van der Waals surface area contributed by atoms with E-state index < -0.39 is 9.84 Å². The van der Waals surface area contributed by atoms with E-state index in [-0.39, 0.29) is 17.5 Å². The fraction of sp³-hybridized carbons (Fsp3) is 0.435. The van der Waals surface area contributed by atoms with E-state index in [2.05, 4.69) is 182 Å². The summed E-state index contributed by atoms with van der Waals surface area (Å²) in [5.41, 5.74) is 18.6. The molecule has 0 radical (unpaired) electrons. The molecule has 20 rings (SSSR count). The van der Waals surface area contributed by atoms with Gasteiger partial charge in [-0.15, -0.1) is 0 Å². The molecule has 16 aromatic heterocycles. The third kappa shape index (κ3) is 17.4. The Labute approximate surface area is 690 Å². The smallest absolute Gasteiger partial charge is 0.150 e. The fourth-order valence-corrected chi connectivity index (χ4v) is 17.9. The SMILES string of the molecule is CC(C)n1cc(-c2nc(-c3cnn(C4CCNCC4)c3)cn3nccc23)cn1.CCC(CC)n1cc(-c2nc(-c3cnn(C4CCNCC4)c3)cn3nccc23)cn1.CCC(CC)n1cc(-c2nc(-c3cnn(C[C@H]4CCCN4)c3)cn3nccc23)cn1.CC[C@@H](C)n1cc(-c2nc(-c3cnn(C4CCS(=O)(=O)CC4)c3)cn3nccc23)cn1. The minimum absolute atomic E-state index is 0.0962. The number of hydrogen-bond donors (Lipinski definition) is 3. The highest BCUT2D eigenvalue weighted by Gasteiger charge is 2.28. The van der Waals surface area contributed by atoms with Crippen LogP contribution in [0.15, 0.2) is 173 Å². The minimum Gasteiger partial charge on any atom is -0.317 e. The van der Waals surface area contributed by atoms with Gasteiger partial charge in [-0.25, -0.2) is 46.4 Å². The van der Waals surface area contributed by atoms with Gasteiger partial charge in [-0.05, 0) is 161 Å². The molecular formula is C85H105N31O2S. The normalized spacial score (nSPS) is 16.5. The molecule has 0 amide bonds. The number of sulfone groups is 1. The van der Waals surface area contributed by atoms with Crippen LogP contribution in [-0.2, 0) is 16.4 Å². The van der Waals surface area contributed by atoms with Gasteiger partial charge >= 0.3 is 0 Å². The van der Waals surface area contributed by atoms with Gasteiger partial charge in [0, 0.05) is 112 Å². The Morgan fingerprint density at radius 1 is 0.361 bits per heavy atom. The lowest BCUT2D eigenvalue weighted by Gasteiger charge is -2.22. The summed E-state index contributed by atoms with van der Waals surface area (Å²) < 4.78 is 47.1. The first-order valence-electron chi connectivity index (χ1n) is 42.2. The van der Waals surface area contributed by atoms with E-state index in [1.165, 1.54) is 12.8 Å². The maximum atomic E-state index is 11.7. The molecule has 3 N–H and O–H groups in total. The second-order valence-corrected chi connectivity index (χ2v) is 34.2. The lowest BCUT2D eigenvalue weighted by Crippen LogP contribution is -2.29. The average Bonchev–Trinajstić information content (AvgIpc) is 1.66. The first kappa shape index (κ1) is 79.5. The maximum absolute atomic E-state index is 11.7. The van der Waals surface area contributed by atoms with E-state index in [1.54, 1.807) is 18.6 Å². The van der Waals surface area contributed by atoms with E-state index in [4.69, 9.17) is 19.9 Å². The van der Waals surface area contributed by atoms with Crippen LogP contribution in [0.1, 0.15) is 181 Å². The molecule has 4 saturated heterocycles. The standard InChI is InChI=1S/2C22H28N8.C21H25N7O2S.C20H24N8/c1-3-18(4-2)28-14-17(12-26-28)22-21-7-10-24-30(21)15-20(27-22)16-11-25-29(13-16)19-5-8-23-9-6-19;1-3-19(4-2)29-13-17(11-26-29)22-21-7-9-24-30(21)15-20(27-22)16-10-25-28(12-16)14-18-6-5-8-23-18;1-3-15(2)26-13-17(11-23-26)21-20-4-7-22-28(20)14-19(25-21)16-10-24-27(12-16)18-5-8-31(29,30)9-6-18;1-14(2)26-12-16(10-23-26)20-19-5-8-22-28(19)13-18(25-20)15-9-24-27(11-15)17-3-6-21-7-4-17/h7,10-15,18-19,23H,3-6,8-9H2,1-2H3;7,9-13,15,18-19,23H,3-6,8,14H2,1-2H3;4,7,10-15,18H,3,5-6,8-9H2,1-2H3;5,8-14,17,21H,3-4,6-7H2,1-2H3/t;18-;15-;/m.11./s1. The fourth-order valence-electron chi connectivity index (χ4n) is 16.4. The molecule has 4 aliphatic heterocycles.